The van der Waals surface area contributed by atoms with Crippen molar-refractivity contribution in [2.45, 2.75) is 43.8 Å². The lowest BCUT2D eigenvalue weighted by molar-refractivity contribution is -0.140. The van der Waals surface area contributed by atoms with Crippen molar-refractivity contribution < 1.29 is 27.2 Å². The maximum atomic E-state index is 12.9. The molecular weight excluding hydrogens is 374 g/mol. The van der Waals surface area contributed by atoms with Gasteiger partial charge in [0.2, 0.25) is 5.91 Å². The fourth-order valence-electron chi connectivity index (χ4n) is 3.84. The molecule has 0 radical (unpaired) electrons. The van der Waals surface area contributed by atoms with Crippen LogP contribution in [0.15, 0.2) is 22.8 Å². The molecule has 1 aromatic rings. The molecule has 146 valence electrons. The van der Waals surface area contributed by atoms with E-state index in [0.29, 0.717) is 6.42 Å². The quantitative estimate of drug-likeness (QED) is 0.713. The van der Waals surface area contributed by atoms with Crippen molar-refractivity contribution in [1.29, 1.82) is 0 Å². The van der Waals surface area contributed by atoms with Crippen molar-refractivity contribution in [2.24, 2.45) is 0 Å². The lowest BCUT2D eigenvalue weighted by atomic mass is 9.99. The molecule has 1 aliphatic carbocycles. The van der Waals surface area contributed by atoms with Crippen LogP contribution < -0.4 is 5.32 Å². The van der Waals surface area contributed by atoms with Crippen molar-refractivity contribution in [3.8, 4) is 0 Å². The number of hydrogen-bond donors (Lipinski definition) is 1. The van der Waals surface area contributed by atoms with E-state index in [1.807, 2.05) is 0 Å². The van der Waals surface area contributed by atoms with E-state index in [1.54, 1.807) is 17.0 Å². The number of rotatable bonds is 5. The van der Waals surface area contributed by atoms with Crippen LogP contribution in [0.2, 0.25) is 0 Å². The van der Waals surface area contributed by atoms with E-state index in [2.05, 4.69) is 5.32 Å². The second-order valence-corrected chi connectivity index (χ2v) is 9.74. The van der Waals surface area contributed by atoms with Crippen LogP contribution in [-0.4, -0.2) is 66.2 Å². The molecule has 27 heavy (non-hydrogen) atoms. The zero-order chi connectivity index (χ0) is 19.4. The Labute approximate surface area is 156 Å². The van der Waals surface area contributed by atoms with Crippen LogP contribution in [-0.2, 0) is 25.0 Å². The van der Waals surface area contributed by atoms with E-state index in [9.17, 15) is 22.8 Å². The third kappa shape index (κ3) is 3.11. The fraction of sp³-hybridized carbons (Fsp3) is 0.588. The Hall–Kier alpha value is -2.36. The van der Waals surface area contributed by atoms with Crippen LogP contribution in [0.25, 0.3) is 0 Å². The van der Waals surface area contributed by atoms with Gasteiger partial charge in [0.25, 0.3) is 5.91 Å². The van der Waals surface area contributed by atoms with Gasteiger partial charge in [-0.05, 0) is 38.3 Å². The van der Waals surface area contributed by atoms with Gasteiger partial charge in [-0.1, -0.05) is 0 Å². The normalized spacial score (nSPS) is 29.8. The minimum absolute atomic E-state index is 0.00646. The van der Waals surface area contributed by atoms with Crippen molar-refractivity contribution >= 4 is 27.7 Å². The molecule has 4 rings (SSSR count). The molecule has 4 amide bonds. The third-order valence-corrected chi connectivity index (χ3v) is 7.16. The third-order valence-electron chi connectivity index (χ3n) is 5.41. The summed E-state index contributed by atoms with van der Waals surface area (Å²) in [6.45, 7) is 1.12. The highest BCUT2D eigenvalue weighted by Crippen LogP contribution is 2.33. The lowest BCUT2D eigenvalue weighted by Gasteiger charge is -2.29. The molecule has 0 aromatic carbocycles. The van der Waals surface area contributed by atoms with Gasteiger partial charge in [0, 0.05) is 12.1 Å². The standard InChI is InChI=1S/C17H21N3O6S/c1-17(13-3-2-7-26-13)15(22)19(16(23)18-17)9-14(21)20(11-4-5-11)12-6-8-27(24,25)10-12/h2-3,7,11-12H,4-6,8-10H2,1H3,(H,18,23)/t12-,17-/m1/s1. The lowest BCUT2D eigenvalue weighted by Crippen LogP contribution is -2.49. The van der Waals surface area contributed by atoms with Gasteiger partial charge in [-0.3, -0.25) is 14.5 Å². The van der Waals surface area contributed by atoms with Crippen LogP contribution in [0.4, 0.5) is 4.79 Å². The van der Waals surface area contributed by atoms with E-state index in [-0.39, 0.29) is 29.3 Å². The number of sulfone groups is 1. The molecule has 10 heteroatoms. The smallest absolute Gasteiger partial charge is 0.325 e. The Bertz CT molecular complexity index is 892. The van der Waals surface area contributed by atoms with Crippen molar-refractivity contribution in [3.05, 3.63) is 24.2 Å². The highest BCUT2D eigenvalue weighted by molar-refractivity contribution is 7.91. The first-order valence-electron chi connectivity index (χ1n) is 8.91. The topological polar surface area (TPSA) is 117 Å². The Morgan fingerprint density at radius 3 is 2.63 bits per heavy atom. The van der Waals surface area contributed by atoms with Gasteiger partial charge in [0.15, 0.2) is 15.4 Å². The molecule has 0 bridgehead atoms. The second kappa shape index (κ2) is 6.08. The Morgan fingerprint density at radius 1 is 1.33 bits per heavy atom. The molecule has 1 N–H and O–H groups in total. The molecule has 0 unspecified atom stereocenters. The highest BCUT2D eigenvalue weighted by Gasteiger charge is 2.52. The number of hydrogen-bond acceptors (Lipinski definition) is 6. The number of imide groups is 1. The fourth-order valence-corrected chi connectivity index (χ4v) is 5.55. The number of carbonyl (C=O) groups is 3. The maximum Gasteiger partial charge on any atom is 0.325 e. The van der Waals surface area contributed by atoms with Gasteiger partial charge < -0.3 is 14.6 Å². The van der Waals surface area contributed by atoms with Gasteiger partial charge >= 0.3 is 6.03 Å². The monoisotopic (exact) mass is 395 g/mol. The second-order valence-electron chi connectivity index (χ2n) is 7.51. The van der Waals surface area contributed by atoms with Crippen LogP contribution in [0.3, 0.4) is 0 Å². The molecular formula is C17H21N3O6S. The van der Waals surface area contributed by atoms with E-state index >= 15 is 0 Å². The first kappa shape index (κ1) is 18.0. The van der Waals surface area contributed by atoms with E-state index in [0.717, 1.165) is 17.7 Å². The summed E-state index contributed by atoms with van der Waals surface area (Å²) in [6, 6.07) is 2.15. The number of furan rings is 1. The summed E-state index contributed by atoms with van der Waals surface area (Å²) in [5, 5.41) is 2.58. The zero-order valence-corrected chi connectivity index (χ0v) is 15.7. The summed E-state index contributed by atoms with van der Waals surface area (Å²) in [4.78, 5) is 40.5. The Kier molecular flexibility index (Phi) is 4.06. The summed E-state index contributed by atoms with van der Waals surface area (Å²) in [5.41, 5.74) is -1.36. The number of nitrogens with zero attached hydrogens (tertiary/aromatic N) is 2. The molecule has 2 aliphatic heterocycles. The van der Waals surface area contributed by atoms with Crippen molar-refractivity contribution in [1.82, 2.24) is 15.1 Å². The Balaban J connectivity index is 1.52. The molecule has 3 fully saturated rings. The summed E-state index contributed by atoms with van der Waals surface area (Å²) < 4.78 is 28.9. The predicted octanol–water partition coefficient (Wildman–Crippen LogP) is 0.225. The van der Waals surface area contributed by atoms with Gasteiger partial charge in [-0.15, -0.1) is 0 Å². The number of carbonyl (C=O) groups excluding carboxylic acids is 3. The molecule has 9 nitrogen and oxygen atoms in total. The first-order chi connectivity index (χ1) is 12.7. The van der Waals surface area contributed by atoms with Gasteiger partial charge in [-0.2, -0.15) is 0 Å². The van der Waals surface area contributed by atoms with Gasteiger partial charge in [-0.25, -0.2) is 13.2 Å². The molecule has 0 spiro atoms. The summed E-state index contributed by atoms with van der Waals surface area (Å²) in [5.74, 6) is -0.665. The zero-order valence-electron chi connectivity index (χ0n) is 14.9. The molecule has 2 atom stereocenters. The van der Waals surface area contributed by atoms with Gasteiger partial charge in [0.05, 0.1) is 17.8 Å². The largest absolute Gasteiger partial charge is 0.466 e. The molecule has 3 heterocycles. The maximum absolute atomic E-state index is 12.9. The van der Waals surface area contributed by atoms with Crippen LogP contribution >= 0.6 is 0 Å². The van der Waals surface area contributed by atoms with E-state index in [1.165, 1.54) is 13.2 Å². The first-order valence-corrected chi connectivity index (χ1v) is 10.7. The summed E-state index contributed by atoms with van der Waals surface area (Å²) in [6.07, 6.45) is 3.43. The van der Waals surface area contributed by atoms with Gasteiger partial charge in [0.1, 0.15) is 12.3 Å². The number of nitrogens with one attached hydrogen (secondary N) is 1. The summed E-state index contributed by atoms with van der Waals surface area (Å²) >= 11 is 0. The van der Waals surface area contributed by atoms with Crippen LogP contribution in [0, 0.1) is 0 Å². The molecule has 1 saturated carbocycles. The van der Waals surface area contributed by atoms with Crippen LogP contribution in [0.1, 0.15) is 31.9 Å². The average molecular weight is 395 g/mol. The minimum atomic E-state index is -3.14. The Morgan fingerprint density at radius 2 is 2.07 bits per heavy atom. The molecule has 2 saturated heterocycles. The molecule has 3 aliphatic rings. The molecule has 1 aromatic heterocycles. The van der Waals surface area contributed by atoms with Crippen LogP contribution in [0.5, 0.6) is 0 Å². The predicted molar refractivity (Wildman–Crippen MR) is 93.2 cm³/mol. The van der Waals surface area contributed by atoms with Crippen molar-refractivity contribution in [2.75, 3.05) is 18.1 Å². The SMILES string of the molecule is C[C@]1(c2ccco2)NC(=O)N(CC(=O)N(C2CC2)[C@@H]2CCS(=O)(=O)C2)C1=O. The van der Waals surface area contributed by atoms with E-state index in [4.69, 9.17) is 4.42 Å². The number of urea groups is 1. The average Bonchev–Trinajstić information content (AvgIpc) is 3.04. The number of amides is 4. The van der Waals surface area contributed by atoms with E-state index < -0.39 is 39.8 Å². The van der Waals surface area contributed by atoms with Crippen molar-refractivity contribution in [3.63, 3.8) is 0 Å². The minimum Gasteiger partial charge on any atom is -0.466 e. The highest BCUT2D eigenvalue weighted by atomic mass is 32.2. The summed E-state index contributed by atoms with van der Waals surface area (Å²) in [7, 11) is -3.14.